The van der Waals surface area contributed by atoms with Crippen molar-refractivity contribution in [2.24, 2.45) is 5.73 Å². The maximum absolute atomic E-state index is 11.8. The maximum Gasteiger partial charge on any atom is 0.351 e. The van der Waals surface area contributed by atoms with Crippen LogP contribution in [0.3, 0.4) is 0 Å². The van der Waals surface area contributed by atoms with E-state index in [1.165, 1.54) is 14.2 Å². The van der Waals surface area contributed by atoms with Gasteiger partial charge in [-0.1, -0.05) is 48.0 Å². The van der Waals surface area contributed by atoms with Crippen LogP contribution >= 0.6 is 12.4 Å². The molecule has 1 atom stereocenters. The standard InChI is InChI=1S/C16H16O3.CH5N.ClH/c1-12-8-10-14(11-9-12)19-15(16(17)18-2)13-6-4-3-5-7-13;1-2;/h3-11,15H,1-2H3;2H2,1H3;1H. The number of nitrogens with two attached hydrogens (primary N) is 1. The van der Waals surface area contributed by atoms with E-state index in [1.807, 2.05) is 61.5 Å². The van der Waals surface area contributed by atoms with Crippen LogP contribution in [0.1, 0.15) is 17.2 Å². The number of halogens is 1. The molecule has 0 heterocycles. The van der Waals surface area contributed by atoms with Gasteiger partial charge in [-0.05, 0) is 26.1 Å². The van der Waals surface area contributed by atoms with Crippen LogP contribution in [0.4, 0.5) is 0 Å². The second-order valence-corrected chi connectivity index (χ2v) is 4.24. The molecule has 22 heavy (non-hydrogen) atoms. The van der Waals surface area contributed by atoms with Gasteiger partial charge >= 0.3 is 5.97 Å². The van der Waals surface area contributed by atoms with Gasteiger partial charge in [0.2, 0.25) is 6.10 Å². The van der Waals surface area contributed by atoms with E-state index < -0.39 is 12.1 Å². The molecular weight excluding hydrogens is 302 g/mol. The van der Waals surface area contributed by atoms with Gasteiger partial charge in [0.1, 0.15) is 5.75 Å². The van der Waals surface area contributed by atoms with Crippen LogP contribution in [0.25, 0.3) is 0 Å². The molecule has 0 amide bonds. The SMILES string of the molecule is CN.COC(=O)C(Oc1ccc(C)cc1)c1ccccc1.Cl. The lowest BCUT2D eigenvalue weighted by Crippen LogP contribution is -2.20. The highest BCUT2D eigenvalue weighted by atomic mass is 35.5. The maximum atomic E-state index is 11.8. The van der Waals surface area contributed by atoms with Gasteiger partial charge in [0.05, 0.1) is 7.11 Å². The first kappa shape index (κ1) is 20.0. The van der Waals surface area contributed by atoms with Crippen LogP contribution in [-0.4, -0.2) is 20.1 Å². The van der Waals surface area contributed by atoms with E-state index in [0.717, 1.165) is 11.1 Å². The minimum atomic E-state index is -0.742. The Kier molecular flexibility index (Phi) is 9.67. The van der Waals surface area contributed by atoms with Crippen molar-refractivity contribution in [3.63, 3.8) is 0 Å². The third-order valence-corrected chi connectivity index (χ3v) is 2.79. The van der Waals surface area contributed by atoms with Crippen LogP contribution in [-0.2, 0) is 9.53 Å². The van der Waals surface area contributed by atoms with Gasteiger partial charge in [-0.15, -0.1) is 12.4 Å². The molecule has 4 nitrogen and oxygen atoms in total. The molecule has 5 heteroatoms. The zero-order valence-corrected chi connectivity index (χ0v) is 13.8. The monoisotopic (exact) mass is 323 g/mol. The highest BCUT2D eigenvalue weighted by Gasteiger charge is 2.23. The molecule has 0 saturated carbocycles. The molecule has 0 aliphatic carbocycles. The number of benzene rings is 2. The van der Waals surface area contributed by atoms with Crippen molar-refractivity contribution in [3.8, 4) is 5.75 Å². The summed E-state index contributed by atoms with van der Waals surface area (Å²) in [5.41, 5.74) is 6.41. The average molecular weight is 324 g/mol. The molecule has 0 bridgehead atoms. The minimum Gasteiger partial charge on any atom is -0.474 e. The fraction of sp³-hybridized carbons (Fsp3) is 0.235. The molecule has 2 aromatic rings. The molecular formula is C17H22ClNO3. The van der Waals surface area contributed by atoms with Gasteiger partial charge in [-0.3, -0.25) is 0 Å². The van der Waals surface area contributed by atoms with E-state index >= 15 is 0 Å². The van der Waals surface area contributed by atoms with Crippen LogP contribution in [0.5, 0.6) is 5.75 Å². The summed E-state index contributed by atoms with van der Waals surface area (Å²) in [6, 6.07) is 16.9. The summed E-state index contributed by atoms with van der Waals surface area (Å²) >= 11 is 0. The van der Waals surface area contributed by atoms with Crippen molar-refractivity contribution in [1.82, 2.24) is 0 Å². The quantitative estimate of drug-likeness (QED) is 0.877. The van der Waals surface area contributed by atoms with E-state index in [-0.39, 0.29) is 12.4 Å². The molecule has 0 radical (unpaired) electrons. The van der Waals surface area contributed by atoms with Crippen molar-refractivity contribution in [2.45, 2.75) is 13.0 Å². The Labute approximate surface area is 137 Å². The third kappa shape index (κ3) is 5.76. The molecule has 2 rings (SSSR count). The largest absolute Gasteiger partial charge is 0.474 e. The predicted octanol–water partition coefficient (Wildman–Crippen LogP) is 3.28. The third-order valence-electron chi connectivity index (χ3n) is 2.79. The summed E-state index contributed by atoms with van der Waals surface area (Å²) < 4.78 is 10.5. The van der Waals surface area contributed by atoms with Gasteiger partial charge in [0.25, 0.3) is 0 Å². The lowest BCUT2D eigenvalue weighted by atomic mass is 10.1. The predicted molar refractivity (Wildman–Crippen MR) is 90.4 cm³/mol. The minimum absolute atomic E-state index is 0. The lowest BCUT2D eigenvalue weighted by molar-refractivity contribution is -0.149. The van der Waals surface area contributed by atoms with Crippen molar-refractivity contribution in [3.05, 3.63) is 65.7 Å². The molecule has 0 aliphatic heterocycles. The highest BCUT2D eigenvalue weighted by molar-refractivity contribution is 5.85. The molecule has 120 valence electrons. The van der Waals surface area contributed by atoms with Gasteiger partial charge < -0.3 is 15.2 Å². The first-order valence-corrected chi connectivity index (χ1v) is 6.64. The Hall–Kier alpha value is -2.04. The Morgan fingerprint density at radius 3 is 2.05 bits per heavy atom. The number of methoxy groups -OCH3 is 1. The zero-order valence-electron chi connectivity index (χ0n) is 13.0. The van der Waals surface area contributed by atoms with Crippen LogP contribution < -0.4 is 10.5 Å². The van der Waals surface area contributed by atoms with Crippen molar-refractivity contribution < 1.29 is 14.3 Å². The van der Waals surface area contributed by atoms with Gasteiger partial charge in [0, 0.05) is 5.56 Å². The van der Waals surface area contributed by atoms with E-state index in [0.29, 0.717) is 5.75 Å². The molecule has 0 fully saturated rings. The summed E-state index contributed by atoms with van der Waals surface area (Å²) in [7, 11) is 2.86. The van der Waals surface area contributed by atoms with Gasteiger partial charge in [0.15, 0.2) is 0 Å². The molecule has 0 spiro atoms. The number of hydrogen-bond acceptors (Lipinski definition) is 4. The molecule has 2 aromatic carbocycles. The van der Waals surface area contributed by atoms with E-state index in [1.54, 1.807) is 0 Å². The number of hydrogen-bond donors (Lipinski definition) is 1. The van der Waals surface area contributed by atoms with Crippen molar-refractivity contribution >= 4 is 18.4 Å². The summed E-state index contributed by atoms with van der Waals surface area (Å²) in [5.74, 6) is 0.233. The number of carbonyl (C=O) groups is 1. The Bertz CT molecular complexity index is 544. The summed E-state index contributed by atoms with van der Waals surface area (Å²) in [4.78, 5) is 11.8. The van der Waals surface area contributed by atoms with E-state index in [9.17, 15) is 4.79 Å². The zero-order chi connectivity index (χ0) is 15.7. The fourth-order valence-electron chi connectivity index (χ4n) is 1.74. The lowest BCUT2D eigenvalue weighted by Gasteiger charge is -2.17. The van der Waals surface area contributed by atoms with Crippen LogP contribution in [0.2, 0.25) is 0 Å². The van der Waals surface area contributed by atoms with Crippen molar-refractivity contribution in [2.75, 3.05) is 14.2 Å². The van der Waals surface area contributed by atoms with E-state index in [4.69, 9.17) is 9.47 Å². The Morgan fingerprint density at radius 1 is 1.00 bits per heavy atom. The Balaban J connectivity index is 0.00000141. The molecule has 1 unspecified atom stereocenters. The number of carbonyl (C=O) groups excluding carboxylic acids is 1. The smallest absolute Gasteiger partial charge is 0.351 e. The average Bonchev–Trinajstić information content (AvgIpc) is 2.56. The highest BCUT2D eigenvalue weighted by Crippen LogP contribution is 2.23. The normalized spacial score (nSPS) is 10.4. The summed E-state index contributed by atoms with van der Waals surface area (Å²) in [6.45, 7) is 2.00. The number of ether oxygens (including phenoxy) is 2. The van der Waals surface area contributed by atoms with Crippen LogP contribution in [0.15, 0.2) is 54.6 Å². The Morgan fingerprint density at radius 2 is 1.55 bits per heavy atom. The second-order valence-electron chi connectivity index (χ2n) is 4.24. The second kappa shape index (κ2) is 10.7. The molecule has 0 saturated heterocycles. The van der Waals surface area contributed by atoms with Gasteiger partial charge in [-0.2, -0.15) is 0 Å². The first-order chi connectivity index (χ1) is 10.2. The molecule has 0 aromatic heterocycles. The number of esters is 1. The molecule has 2 N–H and O–H groups in total. The number of aryl methyl sites for hydroxylation is 1. The summed E-state index contributed by atoms with van der Waals surface area (Å²) in [6.07, 6.45) is -0.742. The topological polar surface area (TPSA) is 61.5 Å². The molecule has 0 aliphatic rings. The van der Waals surface area contributed by atoms with Gasteiger partial charge in [-0.25, -0.2) is 4.79 Å². The van der Waals surface area contributed by atoms with E-state index in [2.05, 4.69) is 5.73 Å². The first-order valence-electron chi connectivity index (χ1n) is 6.64. The van der Waals surface area contributed by atoms with Crippen LogP contribution in [0, 0.1) is 6.92 Å². The number of rotatable bonds is 4. The summed E-state index contributed by atoms with van der Waals surface area (Å²) in [5, 5.41) is 0. The van der Waals surface area contributed by atoms with Crippen molar-refractivity contribution in [1.29, 1.82) is 0 Å². The fourth-order valence-corrected chi connectivity index (χ4v) is 1.74.